The number of anilines is 1. The fraction of sp³-hybridized carbons (Fsp3) is 0.200. The number of aromatic nitrogens is 1. The van der Waals surface area contributed by atoms with Gasteiger partial charge in [-0.1, -0.05) is 36.4 Å². The smallest absolute Gasteiger partial charge is 0.262 e. The molecule has 0 radical (unpaired) electrons. The van der Waals surface area contributed by atoms with Gasteiger partial charge in [-0.2, -0.15) is 0 Å². The Morgan fingerprint density at radius 2 is 1.79 bits per heavy atom. The summed E-state index contributed by atoms with van der Waals surface area (Å²) in [7, 11) is 3.93. The zero-order chi connectivity index (χ0) is 17.3. The van der Waals surface area contributed by atoms with Crippen molar-refractivity contribution in [2.75, 3.05) is 19.0 Å². The Kier molecular flexibility index (Phi) is 4.21. The lowest BCUT2D eigenvalue weighted by atomic mass is 10.0. The van der Waals surface area contributed by atoms with Gasteiger partial charge in [-0.05, 0) is 30.2 Å². The van der Waals surface area contributed by atoms with Crippen LogP contribution in [-0.4, -0.2) is 24.9 Å². The number of aldehydes is 1. The van der Waals surface area contributed by atoms with Gasteiger partial charge >= 0.3 is 0 Å². The molecule has 0 spiro atoms. The van der Waals surface area contributed by atoms with Crippen molar-refractivity contribution in [2.45, 2.75) is 13.5 Å². The molecule has 3 rings (SSSR count). The topological polar surface area (TPSA) is 42.3 Å². The second-order valence-electron chi connectivity index (χ2n) is 6.13. The van der Waals surface area contributed by atoms with E-state index in [4.69, 9.17) is 0 Å². The van der Waals surface area contributed by atoms with Crippen LogP contribution in [0.15, 0.2) is 53.3 Å². The van der Waals surface area contributed by atoms with Crippen LogP contribution in [0.25, 0.3) is 10.9 Å². The van der Waals surface area contributed by atoms with Crippen LogP contribution in [0.1, 0.15) is 21.5 Å². The Hall–Kier alpha value is -2.88. The van der Waals surface area contributed by atoms with Crippen LogP contribution < -0.4 is 10.5 Å². The van der Waals surface area contributed by atoms with Crippen molar-refractivity contribution in [3.8, 4) is 0 Å². The summed E-state index contributed by atoms with van der Waals surface area (Å²) < 4.78 is 1.69. The molecule has 0 N–H and O–H groups in total. The van der Waals surface area contributed by atoms with Gasteiger partial charge in [0, 0.05) is 25.2 Å². The first kappa shape index (κ1) is 16.0. The van der Waals surface area contributed by atoms with E-state index in [-0.39, 0.29) is 11.1 Å². The molecule has 0 aliphatic rings. The molecule has 1 aromatic heterocycles. The Balaban J connectivity index is 2.33. The maximum Gasteiger partial charge on any atom is 0.262 e. The normalized spacial score (nSPS) is 10.8. The molecule has 0 aliphatic carbocycles. The highest BCUT2D eigenvalue weighted by atomic mass is 16.1. The number of hydrogen-bond donors (Lipinski definition) is 0. The van der Waals surface area contributed by atoms with Gasteiger partial charge in [-0.3, -0.25) is 9.59 Å². The first-order valence-electron chi connectivity index (χ1n) is 7.86. The van der Waals surface area contributed by atoms with E-state index in [1.165, 1.54) is 0 Å². The molecule has 3 aromatic rings. The second kappa shape index (κ2) is 6.32. The van der Waals surface area contributed by atoms with Crippen molar-refractivity contribution >= 4 is 22.9 Å². The van der Waals surface area contributed by atoms with E-state index in [1.807, 2.05) is 74.4 Å². The van der Waals surface area contributed by atoms with E-state index < -0.39 is 0 Å². The van der Waals surface area contributed by atoms with Crippen molar-refractivity contribution in [3.05, 3.63) is 75.6 Å². The van der Waals surface area contributed by atoms with E-state index in [2.05, 4.69) is 0 Å². The average Bonchev–Trinajstić information content (AvgIpc) is 2.59. The third-order valence-electron chi connectivity index (χ3n) is 4.37. The quantitative estimate of drug-likeness (QED) is 0.693. The number of fused-ring (bicyclic) bond motifs is 1. The lowest BCUT2D eigenvalue weighted by Crippen LogP contribution is -2.26. The maximum absolute atomic E-state index is 12.8. The van der Waals surface area contributed by atoms with E-state index >= 15 is 0 Å². The van der Waals surface area contributed by atoms with E-state index in [0.29, 0.717) is 12.8 Å². The largest absolute Gasteiger partial charge is 0.378 e. The molecule has 0 bridgehead atoms. The first-order valence-corrected chi connectivity index (χ1v) is 7.86. The molecule has 24 heavy (non-hydrogen) atoms. The van der Waals surface area contributed by atoms with Crippen LogP contribution in [0, 0.1) is 6.92 Å². The number of aryl methyl sites for hydroxylation is 1. The third-order valence-corrected chi connectivity index (χ3v) is 4.37. The van der Waals surface area contributed by atoms with Gasteiger partial charge in [0.25, 0.3) is 5.56 Å². The molecular formula is C20H20N2O2. The zero-order valence-corrected chi connectivity index (χ0v) is 14.1. The van der Waals surface area contributed by atoms with Crippen LogP contribution in [0.5, 0.6) is 0 Å². The SMILES string of the molecule is Cc1c(C=O)c(=O)n(Cc2ccccc2)c2cc(N(C)C)ccc12. The van der Waals surface area contributed by atoms with E-state index in [0.717, 1.165) is 27.7 Å². The van der Waals surface area contributed by atoms with Crippen LogP contribution in [-0.2, 0) is 6.54 Å². The highest BCUT2D eigenvalue weighted by Gasteiger charge is 2.14. The van der Waals surface area contributed by atoms with Crippen LogP contribution in [0.2, 0.25) is 0 Å². The molecule has 0 saturated carbocycles. The number of hydrogen-bond acceptors (Lipinski definition) is 3. The van der Waals surface area contributed by atoms with Gasteiger partial charge in [-0.15, -0.1) is 0 Å². The van der Waals surface area contributed by atoms with Crippen molar-refractivity contribution in [1.29, 1.82) is 0 Å². The molecule has 0 fully saturated rings. The molecule has 4 heteroatoms. The lowest BCUT2D eigenvalue weighted by Gasteiger charge is -2.18. The van der Waals surface area contributed by atoms with E-state index in [9.17, 15) is 9.59 Å². The summed E-state index contributed by atoms with van der Waals surface area (Å²) in [5.74, 6) is 0. The van der Waals surface area contributed by atoms with Crippen molar-refractivity contribution in [1.82, 2.24) is 4.57 Å². The molecule has 0 aliphatic heterocycles. The molecular weight excluding hydrogens is 300 g/mol. The minimum atomic E-state index is -0.241. The number of rotatable bonds is 4. The zero-order valence-electron chi connectivity index (χ0n) is 14.1. The van der Waals surface area contributed by atoms with Crippen LogP contribution in [0.4, 0.5) is 5.69 Å². The van der Waals surface area contributed by atoms with Gasteiger partial charge in [-0.25, -0.2) is 0 Å². The van der Waals surface area contributed by atoms with Gasteiger partial charge in [0.05, 0.1) is 17.6 Å². The standard InChI is InChI=1S/C20H20N2O2/c1-14-17-10-9-16(21(2)3)11-19(17)22(20(24)18(14)13-23)12-15-7-5-4-6-8-15/h4-11,13H,12H2,1-3H3. The fourth-order valence-corrected chi connectivity index (χ4v) is 2.96. The lowest BCUT2D eigenvalue weighted by molar-refractivity contribution is 0.112. The second-order valence-corrected chi connectivity index (χ2v) is 6.13. The van der Waals surface area contributed by atoms with E-state index in [1.54, 1.807) is 4.57 Å². The molecule has 4 nitrogen and oxygen atoms in total. The van der Waals surface area contributed by atoms with Crippen molar-refractivity contribution in [2.24, 2.45) is 0 Å². The fourth-order valence-electron chi connectivity index (χ4n) is 2.96. The predicted octanol–water partition coefficient (Wildman–Crippen LogP) is 3.24. The molecule has 0 unspecified atom stereocenters. The predicted molar refractivity (Wildman–Crippen MR) is 98.2 cm³/mol. The van der Waals surface area contributed by atoms with Crippen LogP contribution >= 0.6 is 0 Å². The molecule has 2 aromatic carbocycles. The number of carbonyl (C=O) groups excluding carboxylic acids is 1. The summed E-state index contributed by atoms with van der Waals surface area (Å²) in [6.07, 6.45) is 0.665. The minimum absolute atomic E-state index is 0.232. The van der Waals surface area contributed by atoms with Crippen molar-refractivity contribution in [3.63, 3.8) is 0 Å². The summed E-state index contributed by atoms with van der Waals surface area (Å²) in [5, 5.41) is 0.929. The minimum Gasteiger partial charge on any atom is -0.378 e. The highest BCUT2D eigenvalue weighted by Crippen LogP contribution is 2.24. The highest BCUT2D eigenvalue weighted by molar-refractivity contribution is 5.92. The summed E-state index contributed by atoms with van der Waals surface area (Å²) >= 11 is 0. The average molecular weight is 320 g/mol. The van der Waals surface area contributed by atoms with Crippen LogP contribution in [0.3, 0.4) is 0 Å². The number of carbonyl (C=O) groups is 1. The molecule has 1 heterocycles. The Morgan fingerprint density at radius 1 is 1.08 bits per heavy atom. The number of benzene rings is 2. The van der Waals surface area contributed by atoms with Gasteiger partial charge in [0.2, 0.25) is 0 Å². The molecule has 0 saturated heterocycles. The summed E-state index contributed by atoms with van der Waals surface area (Å²) in [4.78, 5) is 26.3. The molecule has 0 atom stereocenters. The van der Waals surface area contributed by atoms with Crippen molar-refractivity contribution < 1.29 is 4.79 Å². The Labute approximate surface area is 141 Å². The summed E-state index contributed by atoms with van der Waals surface area (Å²) in [6, 6.07) is 15.8. The summed E-state index contributed by atoms with van der Waals surface area (Å²) in [5.41, 5.74) is 3.61. The molecule has 122 valence electrons. The first-order chi connectivity index (χ1) is 11.5. The van der Waals surface area contributed by atoms with Gasteiger partial charge in [0.15, 0.2) is 6.29 Å². The maximum atomic E-state index is 12.8. The Bertz CT molecular complexity index is 957. The third kappa shape index (κ3) is 2.71. The monoisotopic (exact) mass is 320 g/mol. The Morgan fingerprint density at radius 3 is 2.42 bits per heavy atom. The molecule has 0 amide bonds. The number of pyridine rings is 1. The van der Waals surface area contributed by atoms with Gasteiger partial charge < -0.3 is 9.47 Å². The summed E-state index contributed by atoms with van der Waals surface area (Å²) in [6.45, 7) is 2.27. The van der Waals surface area contributed by atoms with Gasteiger partial charge in [0.1, 0.15) is 0 Å². The number of nitrogens with zero attached hydrogens (tertiary/aromatic N) is 2.